The number of nitrogens with one attached hydrogen (secondary N) is 1. The van der Waals surface area contributed by atoms with Gasteiger partial charge < -0.3 is 5.11 Å². The van der Waals surface area contributed by atoms with Gasteiger partial charge in [-0.15, -0.1) is 22.7 Å². The van der Waals surface area contributed by atoms with Gasteiger partial charge >= 0.3 is 5.97 Å². The third kappa shape index (κ3) is 3.48. The van der Waals surface area contributed by atoms with E-state index in [9.17, 15) is 18.3 Å². The highest BCUT2D eigenvalue weighted by molar-refractivity contribution is 7.92. The number of benzene rings is 1. The van der Waals surface area contributed by atoms with Crippen LogP contribution in [0.15, 0.2) is 47.4 Å². The molecule has 0 saturated heterocycles. The lowest BCUT2D eigenvalue weighted by Crippen LogP contribution is -2.15. The number of thiophene rings is 2. The number of carbonyl (C=O) groups is 1. The molecule has 2 N–H and O–H groups in total. The normalized spacial score (nSPS) is 11.1. The summed E-state index contributed by atoms with van der Waals surface area (Å²) in [6, 6.07) is 13.3. The lowest BCUT2D eigenvalue weighted by atomic mass is 10.2. The van der Waals surface area contributed by atoms with E-state index in [1.165, 1.54) is 23.5 Å². The first-order chi connectivity index (χ1) is 12.3. The van der Waals surface area contributed by atoms with E-state index < -0.39 is 16.0 Å². The topological polar surface area (TPSA) is 107 Å². The van der Waals surface area contributed by atoms with Crippen molar-refractivity contribution in [1.29, 1.82) is 5.26 Å². The van der Waals surface area contributed by atoms with Crippen molar-refractivity contribution in [1.82, 2.24) is 0 Å². The van der Waals surface area contributed by atoms with Gasteiger partial charge in [-0.1, -0.05) is 18.2 Å². The van der Waals surface area contributed by atoms with Gasteiger partial charge in [-0.3, -0.25) is 4.72 Å². The summed E-state index contributed by atoms with van der Waals surface area (Å²) in [4.78, 5) is 13.3. The van der Waals surface area contributed by atoms with Crippen molar-refractivity contribution in [2.75, 3.05) is 4.72 Å². The molecular formula is C17H12N2O4S3. The van der Waals surface area contributed by atoms with Crippen molar-refractivity contribution >= 4 is 44.4 Å². The Labute approximate surface area is 158 Å². The van der Waals surface area contributed by atoms with Crippen LogP contribution >= 0.6 is 22.7 Å². The number of anilines is 1. The van der Waals surface area contributed by atoms with E-state index in [4.69, 9.17) is 5.26 Å². The molecule has 26 heavy (non-hydrogen) atoms. The van der Waals surface area contributed by atoms with Gasteiger partial charge in [-0.25, -0.2) is 13.2 Å². The number of nitrogens with zero attached hydrogens (tertiary/aromatic N) is 1. The lowest BCUT2D eigenvalue weighted by Gasteiger charge is -2.09. The van der Waals surface area contributed by atoms with E-state index in [0.717, 1.165) is 11.3 Å². The Morgan fingerprint density at radius 2 is 1.88 bits per heavy atom. The average Bonchev–Trinajstić information content (AvgIpc) is 3.21. The van der Waals surface area contributed by atoms with Gasteiger partial charge in [0.15, 0.2) is 0 Å². The van der Waals surface area contributed by atoms with Crippen LogP contribution in [0.5, 0.6) is 0 Å². The van der Waals surface area contributed by atoms with E-state index >= 15 is 0 Å². The maximum absolute atomic E-state index is 12.7. The molecule has 0 spiro atoms. The predicted octanol–water partition coefficient (Wildman–Crippen LogP) is 4.16. The Kier molecular flexibility index (Phi) is 4.82. The maximum Gasteiger partial charge on any atom is 0.348 e. The van der Waals surface area contributed by atoms with E-state index in [-0.39, 0.29) is 15.5 Å². The fraction of sp³-hybridized carbons (Fsp3) is 0.0588. The van der Waals surface area contributed by atoms with Crippen molar-refractivity contribution in [3.63, 3.8) is 0 Å². The Morgan fingerprint density at radius 1 is 1.15 bits per heavy atom. The summed E-state index contributed by atoms with van der Waals surface area (Å²) in [6.07, 6.45) is 0. The van der Waals surface area contributed by atoms with Crippen molar-refractivity contribution in [3.05, 3.63) is 57.8 Å². The minimum Gasteiger partial charge on any atom is -0.477 e. The van der Waals surface area contributed by atoms with Crippen LogP contribution in [0.2, 0.25) is 0 Å². The zero-order valence-electron chi connectivity index (χ0n) is 13.4. The molecule has 2 aromatic heterocycles. The average molecular weight is 404 g/mol. The molecule has 0 aliphatic rings. The largest absolute Gasteiger partial charge is 0.477 e. The van der Waals surface area contributed by atoms with Crippen LogP contribution in [-0.4, -0.2) is 19.5 Å². The molecule has 0 saturated carbocycles. The number of hydrogen-bond donors (Lipinski definition) is 2. The number of carboxylic acids is 1. The molecule has 0 aliphatic heterocycles. The molecule has 132 valence electrons. The minimum absolute atomic E-state index is 0.00709. The lowest BCUT2D eigenvalue weighted by molar-refractivity contribution is 0.0703. The number of rotatable bonds is 5. The van der Waals surface area contributed by atoms with E-state index in [2.05, 4.69) is 4.72 Å². The first-order valence-corrected chi connectivity index (χ1v) is 10.4. The number of hydrogen-bond acceptors (Lipinski definition) is 6. The number of sulfonamides is 1. The molecule has 0 aliphatic carbocycles. The van der Waals surface area contributed by atoms with E-state index in [1.54, 1.807) is 37.3 Å². The molecule has 2 heterocycles. The van der Waals surface area contributed by atoms with Crippen LogP contribution < -0.4 is 4.72 Å². The standard InChI is InChI=1S/C17H12N2O4S3/c1-10-4-2-3-5-15(10)26(22,23)19-12-8-14(25-16(12)17(20)21)13-7-6-11(9-18)24-13/h2-8,19H,1H3,(H,20,21). The summed E-state index contributed by atoms with van der Waals surface area (Å²) in [7, 11) is -3.92. The molecule has 0 atom stereocenters. The molecule has 3 aromatic rings. The molecule has 3 rings (SSSR count). The van der Waals surface area contributed by atoms with Crippen LogP contribution in [0.1, 0.15) is 20.1 Å². The Morgan fingerprint density at radius 3 is 2.50 bits per heavy atom. The van der Waals surface area contributed by atoms with Gasteiger partial charge in [-0.05, 0) is 36.8 Å². The van der Waals surface area contributed by atoms with Gasteiger partial charge in [0.2, 0.25) is 0 Å². The molecule has 0 radical (unpaired) electrons. The number of aromatic carboxylic acids is 1. The summed E-state index contributed by atoms with van der Waals surface area (Å²) in [5, 5.41) is 18.4. The smallest absolute Gasteiger partial charge is 0.348 e. The van der Waals surface area contributed by atoms with Gasteiger partial charge in [0.05, 0.1) is 10.6 Å². The van der Waals surface area contributed by atoms with Crippen molar-refractivity contribution in [2.24, 2.45) is 0 Å². The van der Waals surface area contributed by atoms with Crippen molar-refractivity contribution < 1.29 is 18.3 Å². The third-order valence-corrected chi connectivity index (χ3v) is 7.35. The van der Waals surface area contributed by atoms with Crippen LogP contribution in [0.4, 0.5) is 5.69 Å². The molecular weight excluding hydrogens is 392 g/mol. The van der Waals surface area contributed by atoms with Gasteiger partial charge in [0.25, 0.3) is 10.0 Å². The minimum atomic E-state index is -3.92. The molecule has 0 unspecified atom stereocenters. The van der Waals surface area contributed by atoms with Gasteiger partial charge in [0, 0.05) is 9.75 Å². The Hall–Kier alpha value is -2.67. The first-order valence-electron chi connectivity index (χ1n) is 7.27. The quantitative estimate of drug-likeness (QED) is 0.664. The van der Waals surface area contributed by atoms with Crippen LogP contribution in [0.3, 0.4) is 0 Å². The second-order valence-corrected chi connectivity index (χ2v) is 9.09. The Balaban J connectivity index is 2.03. The van der Waals surface area contributed by atoms with Gasteiger partial charge in [-0.2, -0.15) is 5.26 Å². The maximum atomic E-state index is 12.7. The zero-order valence-corrected chi connectivity index (χ0v) is 15.8. The monoisotopic (exact) mass is 404 g/mol. The molecule has 0 bridgehead atoms. The molecule has 6 nitrogen and oxygen atoms in total. The fourth-order valence-corrected chi connectivity index (χ4v) is 5.55. The third-order valence-electron chi connectivity index (χ3n) is 3.51. The predicted molar refractivity (Wildman–Crippen MR) is 101 cm³/mol. The van der Waals surface area contributed by atoms with Crippen molar-refractivity contribution in [3.8, 4) is 15.8 Å². The van der Waals surface area contributed by atoms with Crippen LogP contribution in [0, 0.1) is 18.3 Å². The number of aryl methyl sites for hydroxylation is 1. The highest BCUT2D eigenvalue weighted by Crippen LogP contribution is 2.39. The molecule has 0 fully saturated rings. The highest BCUT2D eigenvalue weighted by Gasteiger charge is 2.23. The summed E-state index contributed by atoms with van der Waals surface area (Å²) < 4.78 is 27.7. The van der Waals surface area contributed by atoms with Crippen LogP contribution in [0.25, 0.3) is 9.75 Å². The molecule has 1 aromatic carbocycles. The van der Waals surface area contributed by atoms with E-state index in [1.807, 2.05) is 6.07 Å². The summed E-state index contributed by atoms with van der Waals surface area (Å²) in [5.41, 5.74) is 0.567. The summed E-state index contributed by atoms with van der Waals surface area (Å²) >= 11 is 2.17. The second kappa shape index (κ2) is 6.92. The second-order valence-electron chi connectivity index (χ2n) is 5.31. The Bertz CT molecular complexity index is 1140. The van der Waals surface area contributed by atoms with Crippen molar-refractivity contribution in [2.45, 2.75) is 11.8 Å². The summed E-state index contributed by atoms with van der Waals surface area (Å²) in [6.45, 7) is 1.67. The zero-order chi connectivity index (χ0) is 18.9. The molecule has 9 heteroatoms. The number of carboxylic acid groups (broad SMARTS) is 1. The number of nitriles is 1. The molecule has 0 amide bonds. The summed E-state index contributed by atoms with van der Waals surface area (Å²) in [5.74, 6) is -1.22. The SMILES string of the molecule is Cc1ccccc1S(=O)(=O)Nc1cc(-c2ccc(C#N)s2)sc1C(=O)O. The van der Waals surface area contributed by atoms with E-state index in [0.29, 0.717) is 20.2 Å². The first kappa shape index (κ1) is 18.1. The fourth-order valence-electron chi connectivity index (χ4n) is 2.34. The van der Waals surface area contributed by atoms with Gasteiger partial charge in [0.1, 0.15) is 15.8 Å². The van der Waals surface area contributed by atoms with Crippen LogP contribution in [-0.2, 0) is 10.0 Å². The highest BCUT2D eigenvalue weighted by atomic mass is 32.2.